The van der Waals surface area contributed by atoms with E-state index < -0.39 is 0 Å². The molecule has 1 heterocycles. The van der Waals surface area contributed by atoms with E-state index in [1.807, 2.05) is 6.92 Å². The largest absolute Gasteiger partial charge is 0.327 e. The third-order valence-electron chi connectivity index (χ3n) is 2.02. The maximum absolute atomic E-state index is 11.2. The Hall–Kier alpha value is -1.04. The number of nitrogens with zero attached hydrogens (tertiary/aromatic N) is 2. The summed E-state index contributed by atoms with van der Waals surface area (Å²) in [6, 6.07) is 1.98. The van der Waals surface area contributed by atoms with Crippen molar-refractivity contribution < 1.29 is 4.79 Å². The van der Waals surface area contributed by atoms with Gasteiger partial charge in [0.05, 0.1) is 6.07 Å². The predicted octanol–water partition coefficient (Wildman–Crippen LogP) is 0.911. The van der Waals surface area contributed by atoms with Gasteiger partial charge in [-0.05, 0) is 12.8 Å². The van der Waals surface area contributed by atoms with Gasteiger partial charge in [-0.25, -0.2) is 0 Å². The summed E-state index contributed by atoms with van der Waals surface area (Å²) in [7, 11) is 0. The van der Waals surface area contributed by atoms with Crippen molar-refractivity contribution in [1.82, 2.24) is 4.90 Å². The van der Waals surface area contributed by atoms with Crippen molar-refractivity contribution >= 4 is 5.91 Å². The molecule has 1 rings (SSSR count). The third kappa shape index (κ3) is 1.51. The van der Waals surface area contributed by atoms with Crippen LogP contribution in [0.5, 0.6) is 0 Å². The van der Waals surface area contributed by atoms with Gasteiger partial charge in [-0.15, -0.1) is 0 Å². The monoisotopic (exact) mass is 152 g/mol. The van der Waals surface area contributed by atoms with Gasteiger partial charge in [0.1, 0.15) is 6.04 Å². The van der Waals surface area contributed by atoms with E-state index in [1.165, 1.54) is 0 Å². The van der Waals surface area contributed by atoms with Gasteiger partial charge >= 0.3 is 0 Å². The summed E-state index contributed by atoms with van der Waals surface area (Å²) < 4.78 is 0. The van der Waals surface area contributed by atoms with Gasteiger partial charge in [0.25, 0.3) is 0 Å². The lowest BCUT2D eigenvalue weighted by atomic mass is 10.2. The van der Waals surface area contributed by atoms with Crippen molar-refractivity contribution in [3.05, 3.63) is 0 Å². The Morgan fingerprint density at radius 1 is 1.82 bits per heavy atom. The first kappa shape index (κ1) is 8.06. The van der Waals surface area contributed by atoms with E-state index in [1.54, 1.807) is 4.90 Å². The molecule has 0 aliphatic carbocycles. The minimum absolute atomic E-state index is 0.106. The number of hydrogen-bond donors (Lipinski definition) is 0. The molecule has 0 aromatic carbocycles. The van der Waals surface area contributed by atoms with Gasteiger partial charge in [-0.3, -0.25) is 4.79 Å². The molecular formula is C8H12N2O. The molecule has 3 nitrogen and oxygen atoms in total. The topological polar surface area (TPSA) is 44.1 Å². The summed E-state index contributed by atoms with van der Waals surface area (Å²) in [5.74, 6) is 0.106. The van der Waals surface area contributed by atoms with E-state index in [2.05, 4.69) is 6.07 Å². The molecule has 0 aromatic heterocycles. The Morgan fingerprint density at radius 2 is 2.55 bits per heavy atom. The predicted molar refractivity (Wildman–Crippen MR) is 40.6 cm³/mol. The lowest BCUT2D eigenvalue weighted by Gasteiger charge is -2.17. The number of rotatable bonds is 1. The van der Waals surface area contributed by atoms with Crippen molar-refractivity contribution in [1.29, 1.82) is 5.26 Å². The van der Waals surface area contributed by atoms with Crippen LogP contribution in [0.3, 0.4) is 0 Å². The fourth-order valence-electron chi connectivity index (χ4n) is 1.40. The quantitative estimate of drug-likeness (QED) is 0.560. The van der Waals surface area contributed by atoms with Crippen LogP contribution in [0.4, 0.5) is 0 Å². The standard InChI is InChI=1S/C8H12N2O/c1-2-8(11)10-5-3-4-7(10)6-9/h7H,2-5H2,1H3. The SMILES string of the molecule is CCC(=O)N1CCCC1C#N. The molecule has 1 atom stereocenters. The van der Waals surface area contributed by atoms with Crippen molar-refractivity contribution in [2.45, 2.75) is 32.2 Å². The summed E-state index contributed by atoms with van der Waals surface area (Å²) >= 11 is 0. The second-order valence-corrected chi connectivity index (χ2v) is 2.73. The van der Waals surface area contributed by atoms with Crippen LogP contribution in [0.25, 0.3) is 0 Å². The number of hydrogen-bond acceptors (Lipinski definition) is 2. The molecule has 1 amide bonds. The van der Waals surface area contributed by atoms with Crippen molar-refractivity contribution in [2.75, 3.05) is 6.54 Å². The molecule has 0 saturated carbocycles. The Bertz CT molecular complexity index is 195. The molecule has 1 unspecified atom stereocenters. The maximum Gasteiger partial charge on any atom is 0.223 e. The number of carbonyl (C=O) groups is 1. The number of nitriles is 1. The number of amides is 1. The van der Waals surface area contributed by atoms with Crippen LogP contribution in [0.15, 0.2) is 0 Å². The molecule has 0 N–H and O–H groups in total. The van der Waals surface area contributed by atoms with Crippen molar-refractivity contribution in [2.24, 2.45) is 0 Å². The highest BCUT2D eigenvalue weighted by atomic mass is 16.2. The normalized spacial score (nSPS) is 23.3. The molecule has 1 saturated heterocycles. The fourth-order valence-corrected chi connectivity index (χ4v) is 1.40. The van der Waals surface area contributed by atoms with Gasteiger partial charge in [0, 0.05) is 13.0 Å². The van der Waals surface area contributed by atoms with Crippen LogP contribution in [0.1, 0.15) is 26.2 Å². The molecule has 1 aliphatic rings. The molecule has 0 spiro atoms. The van der Waals surface area contributed by atoms with E-state index in [0.29, 0.717) is 6.42 Å². The maximum atomic E-state index is 11.2. The van der Waals surface area contributed by atoms with Crippen molar-refractivity contribution in [3.8, 4) is 6.07 Å². The number of carbonyl (C=O) groups excluding carboxylic acids is 1. The average Bonchev–Trinajstić information content (AvgIpc) is 2.50. The molecule has 0 radical (unpaired) electrons. The summed E-state index contributed by atoms with van der Waals surface area (Å²) in [6.07, 6.45) is 2.34. The summed E-state index contributed by atoms with van der Waals surface area (Å²) in [5.41, 5.74) is 0. The van der Waals surface area contributed by atoms with Crippen LogP contribution < -0.4 is 0 Å². The third-order valence-corrected chi connectivity index (χ3v) is 2.02. The van der Waals surface area contributed by atoms with E-state index in [4.69, 9.17) is 5.26 Å². The summed E-state index contributed by atoms with van der Waals surface area (Å²) in [6.45, 7) is 2.60. The molecular weight excluding hydrogens is 140 g/mol. The highest BCUT2D eigenvalue weighted by molar-refractivity contribution is 5.76. The van der Waals surface area contributed by atoms with Crippen LogP contribution in [0, 0.1) is 11.3 Å². The Balaban J connectivity index is 2.58. The Morgan fingerprint density at radius 3 is 3.09 bits per heavy atom. The van der Waals surface area contributed by atoms with Gasteiger partial charge in [-0.2, -0.15) is 5.26 Å². The zero-order valence-corrected chi connectivity index (χ0v) is 6.71. The van der Waals surface area contributed by atoms with E-state index in [9.17, 15) is 4.79 Å². The average molecular weight is 152 g/mol. The molecule has 1 fully saturated rings. The lowest BCUT2D eigenvalue weighted by Crippen LogP contribution is -2.33. The van der Waals surface area contributed by atoms with Crippen molar-refractivity contribution in [3.63, 3.8) is 0 Å². The zero-order valence-electron chi connectivity index (χ0n) is 6.71. The van der Waals surface area contributed by atoms with Gasteiger partial charge < -0.3 is 4.90 Å². The highest BCUT2D eigenvalue weighted by Crippen LogP contribution is 2.16. The van der Waals surface area contributed by atoms with Crippen LogP contribution in [-0.2, 0) is 4.79 Å². The first-order chi connectivity index (χ1) is 5.29. The molecule has 1 aliphatic heterocycles. The summed E-state index contributed by atoms with van der Waals surface area (Å²) in [4.78, 5) is 12.8. The smallest absolute Gasteiger partial charge is 0.223 e. The minimum Gasteiger partial charge on any atom is -0.327 e. The van der Waals surface area contributed by atoms with Crippen LogP contribution in [0.2, 0.25) is 0 Å². The molecule has 60 valence electrons. The Labute approximate surface area is 66.6 Å². The molecule has 0 aromatic rings. The van der Waals surface area contributed by atoms with E-state index in [0.717, 1.165) is 19.4 Å². The first-order valence-electron chi connectivity index (χ1n) is 3.98. The second kappa shape index (κ2) is 3.38. The zero-order chi connectivity index (χ0) is 8.27. The van der Waals surface area contributed by atoms with E-state index in [-0.39, 0.29) is 11.9 Å². The number of likely N-dealkylation sites (tertiary alicyclic amines) is 1. The highest BCUT2D eigenvalue weighted by Gasteiger charge is 2.26. The Kier molecular flexibility index (Phi) is 2.48. The molecule has 0 bridgehead atoms. The van der Waals surface area contributed by atoms with Gasteiger partial charge in [0.15, 0.2) is 0 Å². The molecule has 11 heavy (non-hydrogen) atoms. The lowest BCUT2D eigenvalue weighted by molar-refractivity contribution is -0.130. The van der Waals surface area contributed by atoms with Crippen LogP contribution in [-0.4, -0.2) is 23.4 Å². The molecule has 3 heteroatoms. The fraction of sp³-hybridized carbons (Fsp3) is 0.750. The van der Waals surface area contributed by atoms with Gasteiger partial charge in [0.2, 0.25) is 5.91 Å². The van der Waals surface area contributed by atoms with E-state index >= 15 is 0 Å². The minimum atomic E-state index is -0.151. The first-order valence-corrected chi connectivity index (χ1v) is 3.98. The van der Waals surface area contributed by atoms with Gasteiger partial charge in [-0.1, -0.05) is 6.92 Å². The van der Waals surface area contributed by atoms with Crippen LogP contribution >= 0.6 is 0 Å². The summed E-state index contributed by atoms with van der Waals surface area (Å²) in [5, 5.41) is 8.64. The second-order valence-electron chi connectivity index (χ2n) is 2.73.